The lowest BCUT2D eigenvalue weighted by atomic mass is 9.82. The Bertz CT molecular complexity index is 1250. The van der Waals surface area contributed by atoms with Gasteiger partial charge in [-0.3, -0.25) is 14.5 Å². The van der Waals surface area contributed by atoms with Crippen LogP contribution in [-0.2, 0) is 9.59 Å². The first-order valence-corrected chi connectivity index (χ1v) is 11.3. The molecule has 0 radical (unpaired) electrons. The molecule has 1 unspecified atom stereocenters. The predicted molar refractivity (Wildman–Crippen MR) is 129 cm³/mol. The van der Waals surface area contributed by atoms with Crippen molar-refractivity contribution in [1.82, 2.24) is 4.98 Å². The molecule has 166 valence electrons. The van der Waals surface area contributed by atoms with Crippen molar-refractivity contribution in [3.63, 3.8) is 0 Å². The van der Waals surface area contributed by atoms with Crippen LogP contribution in [0.1, 0.15) is 37.9 Å². The number of hydrogen-bond donors (Lipinski definition) is 1. The van der Waals surface area contributed by atoms with Gasteiger partial charge < -0.3 is 10.0 Å². The third kappa shape index (κ3) is 3.66. The first-order chi connectivity index (χ1) is 15.0. The molecular formula is C25H27N3O3S. The van der Waals surface area contributed by atoms with Crippen molar-refractivity contribution >= 4 is 44.1 Å². The largest absolute Gasteiger partial charge is 0.503 e. The number of carbonyl (C=O) groups excluding carboxylic acids is 2. The summed E-state index contributed by atoms with van der Waals surface area (Å²) >= 11 is 1.38. The van der Waals surface area contributed by atoms with E-state index >= 15 is 0 Å². The number of nitrogens with zero attached hydrogens (tertiary/aromatic N) is 3. The van der Waals surface area contributed by atoms with Gasteiger partial charge in [0.25, 0.3) is 5.91 Å². The zero-order valence-corrected chi connectivity index (χ0v) is 19.9. The third-order valence-corrected chi connectivity index (χ3v) is 6.62. The Labute approximate surface area is 191 Å². The highest BCUT2D eigenvalue weighted by Crippen LogP contribution is 2.45. The highest BCUT2D eigenvalue weighted by atomic mass is 32.1. The number of rotatable bonds is 4. The molecule has 0 bridgehead atoms. The van der Waals surface area contributed by atoms with E-state index in [1.807, 2.05) is 68.4 Å². The topological polar surface area (TPSA) is 73.7 Å². The quantitative estimate of drug-likeness (QED) is 0.594. The molecule has 2 aromatic carbocycles. The summed E-state index contributed by atoms with van der Waals surface area (Å²) in [6, 6.07) is 12.8. The van der Waals surface area contributed by atoms with Gasteiger partial charge in [0.05, 0.1) is 21.8 Å². The van der Waals surface area contributed by atoms with Crippen LogP contribution >= 0.6 is 11.3 Å². The van der Waals surface area contributed by atoms with E-state index in [9.17, 15) is 14.7 Å². The van der Waals surface area contributed by atoms with Gasteiger partial charge in [0.2, 0.25) is 0 Å². The number of benzene rings is 2. The molecule has 3 aromatic rings. The van der Waals surface area contributed by atoms with Gasteiger partial charge in [-0.25, -0.2) is 4.98 Å². The maximum Gasteiger partial charge on any atom is 0.296 e. The number of aliphatic hydroxyl groups is 1. The zero-order chi connectivity index (χ0) is 23.4. The van der Waals surface area contributed by atoms with Crippen molar-refractivity contribution in [2.75, 3.05) is 23.9 Å². The van der Waals surface area contributed by atoms with E-state index in [1.54, 1.807) is 20.8 Å². The van der Waals surface area contributed by atoms with Gasteiger partial charge in [-0.1, -0.05) is 50.3 Å². The minimum Gasteiger partial charge on any atom is -0.503 e. The molecule has 32 heavy (non-hydrogen) atoms. The molecule has 1 aromatic heterocycles. The SMILES string of the molecule is Cc1ccc2nc(N3C(=O)C(O)=C(C(=O)C(C)(C)C)C3c3ccc(N(C)C)cc3)sc2c1. The van der Waals surface area contributed by atoms with Gasteiger partial charge in [-0.05, 0) is 42.3 Å². The minimum absolute atomic E-state index is 0.121. The highest BCUT2D eigenvalue weighted by Gasteiger charge is 2.47. The molecule has 1 atom stereocenters. The molecule has 1 N–H and O–H groups in total. The molecule has 1 aliphatic heterocycles. The molecule has 0 saturated heterocycles. The predicted octanol–water partition coefficient (Wildman–Crippen LogP) is 5.19. The van der Waals surface area contributed by atoms with Crippen molar-refractivity contribution in [3.8, 4) is 0 Å². The van der Waals surface area contributed by atoms with Gasteiger partial charge in [0.15, 0.2) is 16.7 Å². The Morgan fingerprint density at radius 3 is 2.38 bits per heavy atom. The number of Topliss-reactive ketones (excluding diaryl/α,β-unsaturated/α-hetero) is 1. The molecule has 6 nitrogen and oxygen atoms in total. The second-order valence-corrected chi connectivity index (χ2v) is 10.4. The van der Waals surface area contributed by atoms with E-state index in [-0.39, 0.29) is 11.4 Å². The van der Waals surface area contributed by atoms with Crippen molar-refractivity contribution in [2.45, 2.75) is 33.7 Å². The summed E-state index contributed by atoms with van der Waals surface area (Å²) in [6.45, 7) is 7.36. The molecule has 0 saturated carbocycles. The van der Waals surface area contributed by atoms with Crippen LogP contribution in [-0.4, -0.2) is 35.9 Å². The molecule has 0 aliphatic carbocycles. The van der Waals surface area contributed by atoms with Gasteiger partial charge in [0.1, 0.15) is 0 Å². The summed E-state index contributed by atoms with van der Waals surface area (Å²) in [6.07, 6.45) is 0. The third-order valence-electron chi connectivity index (χ3n) is 5.60. The number of amides is 1. The van der Waals surface area contributed by atoms with E-state index in [4.69, 9.17) is 0 Å². The standard InChI is InChI=1S/C25H27N3O3S/c1-14-7-12-17-18(13-14)32-24(26-17)28-20(15-8-10-16(11-9-15)27(5)6)19(21(29)23(28)31)22(30)25(2,3)4/h7-13,20,29H,1-6H3. The molecule has 4 rings (SSSR count). The van der Waals surface area contributed by atoms with E-state index < -0.39 is 23.1 Å². The van der Waals surface area contributed by atoms with Gasteiger partial charge in [-0.2, -0.15) is 0 Å². The van der Waals surface area contributed by atoms with E-state index in [0.717, 1.165) is 27.0 Å². The minimum atomic E-state index is -0.758. The molecule has 7 heteroatoms. The fraction of sp³-hybridized carbons (Fsp3) is 0.320. The maximum atomic E-state index is 13.4. The number of aliphatic hydroxyl groups excluding tert-OH is 1. The Morgan fingerprint density at radius 1 is 1.12 bits per heavy atom. The summed E-state index contributed by atoms with van der Waals surface area (Å²) in [5, 5.41) is 11.3. The summed E-state index contributed by atoms with van der Waals surface area (Å²) < 4.78 is 0.949. The zero-order valence-electron chi connectivity index (χ0n) is 19.1. The fourth-order valence-electron chi connectivity index (χ4n) is 3.83. The second-order valence-electron chi connectivity index (χ2n) is 9.37. The Hall–Kier alpha value is -3.19. The second kappa shape index (κ2) is 7.74. The number of thiazole rings is 1. The van der Waals surface area contributed by atoms with Gasteiger partial charge in [-0.15, -0.1) is 0 Å². The molecule has 1 aliphatic rings. The molecule has 0 spiro atoms. The normalized spacial score (nSPS) is 16.9. The van der Waals surface area contributed by atoms with Crippen LogP contribution in [0.15, 0.2) is 53.8 Å². The molecular weight excluding hydrogens is 422 g/mol. The number of ketones is 1. The van der Waals surface area contributed by atoms with Crippen molar-refractivity contribution < 1.29 is 14.7 Å². The van der Waals surface area contributed by atoms with Crippen molar-refractivity contribution in [3.05, 3.63) is 64.9 Å². The lowest BCUT2D eigenvalue weighted by Gasteiger charge is -2.27. The van der Waals surface area contributed by atoms with E-state index in [1.165, 1.54) is 16.2 Å². The Morgan fingerprint density at radius 2 is 1.78 bits per heavy atom. The number of fused-ring (bicyclic) bond motifs is 1. The van der Waals surface area contributed by atoms with Crippen LogP contribution in [0.4, 0.5) is 10.8 Å². The first-order valence-electron chi connectivity index (χ1n) is 10.4. The highest BCUT2D eigenvalue weighted by molar-refractivity contribution is 7.22. The molecule has 2 heterocycles. The fourth-order valence-corrected chi connectivity index (χ4v) is 4.92. The molecule has 0 fully saturated rings. The van der Waals surface area contributed by atoms with Gasteiger partial charge in [0, 0.05) is 25.2 Å². The summed E-state index contributed by atoms with van der Waals surface area (Å²) in [5.41, 5.74) is 2.98. The average molecular weight is 450 g/mol. The number of aromatic nitrogens is 1. The van der Waals surface area contributed by atoms with E-state index in [2.05, 4.69) is 4.98 Å². The van der Waals surface area contributed by atoms with Crippen LogP contribution in [0.5, 0.6) is 0 Å². The van der Waals surface area contributed by atoms with Crippen molar-refractivity contribution in [2.24, 2.45) is 5.41 Å². The van der Waals surface area contributed by atoms with Crippen LogP contribution in [0.3, 0.4) is 0 Å². The van der Waals surface area contributed by atoms with Gasteiger partial charge >= 0.3 is 0 Å². The monoisotopic (exact) mass is 449 g/mol. The lowest BCUT2D eigenvalue weighted by Crippen LogP contribution is -2.32. The Kier molecular flexibility index (Phi) is 5.33. The number of aryl methyl sites for hydroxylation is 1. The van der Waals surface area contributed by atoms with Crippen LogP contribution < -0.4 is 9.80 Å². The number of anilines is 2. The van der Waals surface area contributed by atoms with Crippen LogP contribution in [0.25, 0.3) is 10.2 Å². The number of hydrogen-bond acceptors (Lipinski definition) is 6. The van der Waals surface area contributed by atoms with Crippen LogP contribution in [0.2, 0.25) is 0 Å². The van der Waals surface area contributed by atoms with E-state index in [0.29, 0.717) is 5.13 Å². The maximum absolute atomic E-state index is 13.4. The van der Waals surface area contributed by atoms with Crippen molar-refractivity contribution in [1.29, 1.82) is 0 Å². The smallest absolute Gasteiger partial charge is 0.296 e. The first kappa shape index (κ1) is 22.0. The number of carbonyl (C=O) groups is 2. The average Bonchev–Trinajstić information content (AvgIpc) is 3.25. The lowest BCUT2D eigenvalue weighted by molar-refractivity contribution is -0.123. The summed E-state index contributed by atoms with van der Waals surface area (Å²) in [5.74, 6) is -1.36. The molecule has 1 amide bonds. The van der Waals surface area contributed by atoms with Crippen LogP contribution in [0, 0.1) is 12.3 Å². The summed E-state index contributed by atoms with van der Waals surface area (Å²) in [4.78, 5) is 34.7. The summed E-state index contributed by atoms with van der Waals surface area (Å²) in [7, 11) is 3.90. The Balaban J connectivity index is 1.89.